The van der Waals surface area contributed by atoms with Crippen molar-refractivity contribution in [2.75, 3.05) is 11.6 Å². The van der Waals surface area contributed by atoms with Gasteiger partial charge in [-0.15, -0.1) is 11.8 Å². The quantitative estimate of drug-likeness (QED) is 0.577. The lowest BCUT2D eigenvalue weighted by Gasteiger charge is -2.32. The molecule has 1 saturated carbocycles. The van der Waals surface area contributed by atoms with E-state index < -0.39 is 0 Å². The van der Waals surface area contributed by atoms with Crippen LogP contribution < -0.4 is 5.32 Å². The van der Waals surface area contributed by atoms with E-state index in [1.807, 2.05) is 0 Å². The molecule has 0 radical (unpaired) electrons. The Morgan fingerprint density at radius 3 is 2.50 bits per heavy atom. The second-order valence-electron chi connectivity index (χ2n) is 3.51. The highest BCUT2D eigenvalue weighted by molar-refractivity contribution is 7.99. The third kappa shape index (κ3) is 1.19. The first-order chi connectivity index (χ1) is 4.91. The molecule has 0 aromatic carbocycles. The molecule has 1 N–H and O–H groups in total. The molecule has 2 fully saturated rings. The largest absolute Gasteiger partial charge is 0.301 e. The second-order valence-corrected chi connectivity index (χ2v) is 4.50. The number of rotatable bonds is 0. The van der Waals surface area contributed by atoms with Crippen LogP contribution in [0.3, 0.4) is 0 Å². The fourth-order valence-electron chi connectivity index (χ4n) is 2.05. The number of thioether (sulfide) groups is 1. The van der Waals surface area contributed by atoms with Crippen LogP contribution in [0.2, 0.25) is 0 Å². The summed E-state index contributed by atoms with van der Waals surface area (Å²) in [5.41, 5.74) is 0.586. The van der Waals surface area contributed by atoms with E-state index in [1.54, 1.807) is 0 Å². The van der Waals surface area contributed by atoms with Gasteiger partial charge in [0.05, 0.1) is 0 Å². The van der Waals surface area contributed by atoms with Gasteiger partial charge in [-0.05, 0) is 12.8 Å². The fourth-order valence-corrected chi connectivity index (χ4v) is 3.34. The Morgan fingerprint density at radius 1 is 1.10 bits per heavy atom. The molecule has 0 bridgehead atoms. The van der Waals surface area contributed by atoms with Crippen LogP contribution in [0.15, 0.2) is 0 Å². The maximum absolute atomic E-state index is 3.63. The first-order valence-corrected chi connectivity index (χ1v) is 5.40. The molecule has 0 aromatic rings. The van der Waals surface area contributed by atoms with Gasteiger partial charge in [-0.3, -0.25) is 0 Å². The first kappa shape index (κ1) is 6.99. The molecule has 0 unspecified atom stereocenters. The molecule has 1 aliphatic heterocycles. The van der Waals surface area contributed by atoms with Crippen molar-refractivity contribution in [3.63, 3.8) is 0 Å². The molecule has 10 heavy (non-hydrogen) atoms. The lowest BCUT2D eigenvalue weighted by molar-refractivity contribution is 0.284. The Kier molecular flexibility index (Phi) is 1.92. The minimum Gasteiger partial charge on any atom is -0.301 e. The number of nitrogens with one attached hydrogen (secondary N) is 1. The zero-order chi connectivity index (χ0) is 6.86. The molecule has 2 heteroatoms. The van der Waals surface area contributed by atoms with E-state index in [2.05, 4.69) is 17.1 Å². The number of hydrogen-bond donors (Lipinski definition) is 1. The molecule has 0 aromatic heterocycles. The van der Waals surface area contributed by atoms with Crippen molar-refractivity contribution in [2.45, 2.75) is 37.6 Å². The van der Waals surface area contributed by atoms with E-state index in [9.17, 15) is 0 Å². The van der Waals surface area contributed by atoms with Crippen molar-refractivity contribution in [1.82, 2.24) is 5.32 Å². The Hall–Kier alpha value is 0.310. The predicted octanol–water partition coefficient (Wildman–Crippen LogP) is 1.98. The molecule has 1 spiro atoms. The Bertz CT molecular complexity index is 110. The van der Waals surface area contributed by atoms with Gasteiger partial charge < -0.3 is 5.32 Å². The maximum Gasteiger partial charge on any atom is 0.0423 e. The highest BCUT2D eigenvalue weighted by Gasteiger charge is 2.34. The Balaban J connectivity index is 1.98. The van der Waals surface area contributed by atoms with Crippen LogP contribution in [-0.2, 0) is 0 Å². The van der Waals surface area contributed by atoms with Gasteiger partial charge in [0.1, 0.15) is 0 Å². The van der Waals surface area contributed by atoms with Crippen molar-refractivity contribution >= 4 is 11.8 Å². The van der Waals surface area contributed by atoms with Gasteiger partial charge >= 0.3 is 0 Å². The summed E-state index contributed by atoms with van der Waals surface area (Å²) < 4.78 is 0. The Labute approximate surface area is 67.0 Å². The summed E-state index contributed by atoms with van der Waals surface area (Å²) in [7, 11) is 0. The van der Waals surface area contributed by atoms with Crippen molar-refractivity contribution in [3.05, 3.63) is 0 Å². The summed E-state index contributed by atoms with van der Waals surface area (Å²) in [4.78, 5) is 0. The lowest BCUT2D eigenvalue weighted by Crippen LogP contribution is -2.43. The topological polar surface area (TPSA) is 12.0 Å². The molecule has 1 aliphatic carbocycles. The molecule has 0 atom stereocenters. The summed E-state index contributed by atoms with van der Waals surface area (Å²) in [6.07, 6.45) is 7.23. The number of hydrogen-bond acceptors (Lipinski definition) is 2. The van der Waals surface area contributed by atoms with E-state index in [0.29, 0.717) is 5.54 Å². The van der Waals surface area contributed by atoms with Crippen LogP contribution in [0.5, 0.6) is 0 Å². The average Bonchev–Trinajstić information content (AvgIpc) is 2.39. The van der Waals surface area contributed by atoms with Crippen LogP contribution in [0, 0.1) is 0 Å². The van der Waals surface area contributed by atoms with Gasteiger partial charge in [-0.1, -0.05) is 19.3 Å². The third-order valence-corrected chi connectivity index (χ3v) is 3.84. The highest BCUT2D eigenvalue weighted by Crippen LogP contribution is 2.34. The van der Waals surface area contributed by atoms with Crippen molar-refractivity contribution in [3.8, 4) is 0 Å². The van der Waals surface area contributed by atoms with E-state index in [0.717, 1.165) is 0 Å². The molecule has 1 nitrogen and oxygen atoms in total. The van der Waals surface area contributed by atoms with Gasteiger partial charge in [0.2, 0.25) is 0 Å². The molecular formula is C8H15NS. The minimum absolute atomic E-state index is 0.586. The van der Waals surface area contributed by atoms with E-state index in [-0.39, 0.29) is 0 Å². The minimum atomic E-state index is 0.586. The Morgan fingerprint density at radius 2 is 1.90 bits per heavy atom. The lowest BCUT2D eigenvalue weighted by atomic mass is 9.83. The van der Waals surface area contributed by atoms with Crippen molar-refractivity contribution in [1.29, 1.82) is 0 Å². The van der Waals surface area contributed by atoms with Gasteiger partial charge in [0.25, 0.3) is 0 Å². The van der Waals surface area contributed by atoms with Crippen LogP contribution in [0.1, 0.15) is 32.1 Å². The maximum atomic E-state index is 3.63. The summed E-state index contributed by atoms with van der Waals surface area (Å²) in [6.45, 7) is 0. The zero-order valence-electron chi connectivity index (χ0n) is 6.36. The summed E-state index contributed by atoms with van der Waals surface area (Å²) >= 11 is 2.07. The van der Waals surface area contributed by atoms with Crippen molar-refractivity contribution in [2.24, 2.45) is 0 Å². The first-order valence-electron chi connectivity index (χ1n) is 4.24. The molecular weight excluding hydrogens is 142 g/mol. The van der Waals surface area contributed by atoms with Gasteiger partial charge in [0, 0.05) is 17.2 Å². The average molecular weight is 157 g/mol. The molecule has 1 heterocycles. The second kappa shape index (κ2) is 2.74. The van der Waals surface area contributed by atoms with Gasteiger partial charge in [-0.2, -0.15) is 0 Å². The summed E-state index contributed by atoms with van der Waals surface area (Å²) in [5.74, 6) is 2.56. The van der Waals surface area contributed by atoms with E-state index in [4.69, 9.17) is 0 Å². The van der Waals surface area contributed by atoms with Crippen LogP contribution in [0.25, 0.3) is 0 Å². The molecule has 1 saturated heterocycles. The van der Waals surface area contributed by atoms with Crippen LogP contribution in [0.4, 0.5) is 0 Å². The third-order valence-electron chi connectivity index (χ3n) is 2.74. The van der Waals surface area contributed by atoms with E-state index >= 15 is 0 Å². The van der Waals surface area contributed by atoms with Crippen molar-refractivity contribution < 1.29 is 0 Å². The molecule has 2 aliphatic rings. The van der Waals surface area contributed by atoms with Gasteiger partial charge in [-0.25, -0.2) is 0 Å². The van der Waals surface area contributed by atoms with Gasteiger partial charge in [0.15, 0.2) is 0 Å². The standard InChI is InChI=1S/C8H15NS/c1-2-4-8(5-3-1)6-10-7-9-8/h9H,1-7H2. The fraction of sp³-hybridized carbons (Fsp3) is 1.00. The SMILES string of the molecule is C1CCC2(CC1)CSCN2. The zero-order valence-corrected chi connectivity index (χ0v) is 7.17. The highest BCUT2D eigenvalue weighted by atomic mass is 32.2. The monoisotopic (exact) mass is 157 g/mol. The molecule has 58 valence electrons. The van der Waals surface area contributed by atoms with E-state index in [1.165, 1.54) is 43.7 Å². The predicted molar refractivity (Wildman–Crippen MR) is 46.3 cm³/mol. The summed E-state index contributed by atoms with van der Waals surface area (Å²) in [6, 6.07) is 0. The van der Waals surface area contributed by atoms with Crippen LogP contribution in [-0.4, -0.2) is 17.2 Å². The smallest absolute Gasteiger partial charge is 0.0423 e. The summed E-state index contributed by atoms with van der Waals surface area (Å²) in [5, 5.41) is 3.63. The van der Waals surface area contributed by atoms with Crippen LogP contribution >= 0.6 is 11.8 Å². The molecule has 0 amide bonds. The normalized spacial score (nSPS) is 31.2. The molecule has 2 rings (SSSR count).